The van der Waals surface area contributed by atoms with E-state index in [0.717, 1.165) is 34.0 Å². The molecular formula is C22H19N2O+. The second kappa shape index (κ2) is 6.73. The number of aliphatic imine (C=N–C) groups is 1. The van der Waals surface area contributed by atoms with E-state index in [1.165, 1.54) is 0 Å². The summed E-state index contributed by atoms with van der Waals surface area (Å²) in [6.07, 6.45) is 2.13. The van der Waals surface area contributed by atoms with E-state index in [1.807, 2.05) is 61.5 Å². The van der Waals surface area contributed by atoms with Crippen LogP contribution in [0.25, 0.3) is 0 Å². The molecular weight excluding hydrogens is 308 g/mol. The fourth-order valence-corrected chi connectivity index (χ4v) is 2.97. The fraction of sp³-hybridized carbons (Fsp3) is 0.0909. The first-order valence-corrected chi connectivity index (χ1v) is 8.34. The largest absolute Gasteiger partial charge is 0.434 e. The number of hydrogen-bond acceptors (Lipinski definition) is 2. The van der Waals surface area contributed by atoms with E-state index in [4.69, 9.17) is 9.73 Å². The van der Waals surface area contributed by atoms with Crippen LogP contribution >= 0.6 is 0 Å². The van der Waals surface area contributed by atoms with Gasteiger partial charge < -0.3 is 4.74 Å². The van der Waals surface area contributed by atoms with E-state index < -0.39 is 0 Å². The lowest BCUT2D eigenvalue weighted by atomic mass is 10.0. The molecule has 1 heterocycles. The summed E-state index contributed by atoms with van der Waals surface area (Å²) in [5.74, 6) is 0.895. The molecule has 3 heteroatoms. The van der Waals surface area contributed by atoms with E-state index in [9.17, 15) is 0 Å². The topological polar surface area (TPSA) is 24.6 Å². The molecule has 25 heavy (non-hydrogen) atoms. The van der Waals surface area contributed by atoms with Crippen molar-refractivity contribution in [3.05, 3.63) is 90.0 Å². The molecule has 3 aromatic carbocycles. The summed E-state index contributed by atoms with van der Waals surface area (Å²) in [7, 11) is 0. The third-order valence-corrected chi connectivity index (χ3v) is 4.22. The molecule has 0 spiro atoms. The minimum absolute atomic E-state index is 0.493. The summed E-state index contributed by atoms with van der Waals surface area (Å²) in [6, 6.07) is 26.4. The summed E-state index contributed by atoms with van der Waals surface area (Å²) < 4.78 is 8.20. The average Bonchev–Trinajstić information content (AvgIpc) is 2.68. The number of para-hydroxylation sites is 3. The lowest BCUT2D eigenvalue weighted by Gasteiger charge is -2.16. The van der Waals surface area contributed by atoms with Gasteiger partial charge in [-0.3, -0.25) is 4.99 Å². The van der Waals surface area contributed by atoms with Gasteiger partial charge in [0, 0.05) is 23.4 Å². The van der Waals surface area contributed by atoms with E-state index in [1.54, 1.807) is 0 Å². The number of rotatable bonds is 3. The van der Waals surface area contributed by atoms with Gasteiger partial charge in [-0.05, 0) is 31.2 Å². The number of fused-ring (bicyclic) bond motifs is 1. The van der Waals surface area contributed by atoms with Gasteiger partial charge in [0.15, 0.2) is 6.21 Å². The molecule has 0 atom stereocenters. The third kappa shape index (κ3) is 3.22. The molecule has 0 amide bonds. The summed E-state index contributed by atoms with van der Waals surface area (Å²) >= 11 is 0. The van der Waals surface area contributed by atoms with Gasteiger partial charge in [-0.1, -0.05) is 42.5 Å². The highest BCUT2D eigenvalue weighted by Gasteiger charge is 2.22. The third-order valence-electron chi connectivity index (χ3n) is 4.22. The molecule has 0 saturated heterocycles. The van der Waals surface area contributed by atoms with Gasteiger partial charge in [-0.2, -0.15) is 4.58 Å². The Morgan fingerprint density at radius 1 is 0.880 bits per heavy atom. The standard InChI is InChI=1S/C22H19N2O/c1-17(23-19-10-4-2-5-11-19)21-14-8-9-18-15-24(16-25-22(18)21)20-12-6-3-7-13-20/h2-15H,16H2,1H3/q+1. The van der Waals surface area contributed by atoms with Crippen molar-refractivity contribution in [2.75, 3.05) is 6.73 Å². The van der Waals surface area contributed by atoms with Gasteiger partial charge in [0.25, 0.3) is 6.73 Å². The Labute approximate surface area is 147 Å². The van der Waals surface area contributed by atoms with Gasteiger partial charge in [-0.25, -0.2) is 0 Å². The van der Waals surface area contributed by atoms with Crippen molar-refractivity contribution in [1.82, 2.24) is 0 Å². The summed E-state index contributed by atoms with van der Waals surface area (Å²) in [6.45, 7) is 2.52. The molecule has 0 radical (unpaired) electrons. The fourth-order valence-electron chi connectivity index (χ4n) is 2.97. The quantitative estimate of drug-likeness (QED) is 0.494. The zero-order valence-corrected chi connectivity index (χ0v) is 14.1. The monoisotopic (exact) mass is 327 g/mol. The van der Waals surface area contributed by atoms with E-state index >= 15 is 0 Å². The Morgan fingerprint density at radius 2 is 1.60 bits per heavy atom. The first-order chi connectivity index (χ1) is 12.3. The second-order valence-electron chi connectivity index (χ2n) is 5.96. The Hall–Kier alpha value is -3.20. The van der Waals surface area contributed by atoms with Crippen LogP contribution in [-0.2, 0) is 0 Å². The smallest absolute Gasteiger partial charge is 0.292 e. The van der Waals surface area contributed by atoms with Gasteiger partial charge in [-0.15, -0.1) is 0 Å². The predicted molar refractivity (Wildman–Crippen MR) is 102 cm³/mol. The lowest BCUT2D eigenvalue weighted by Crippen LogP contribution is -2.22. The van der Waals surface area contributed by atoms with Crippen molar-refractivity contribution in [2.45, 2.75) is 6.92 Å². The molecule has 0 bridgehead atoms. The molecule has 0 fully saturated rings. The molecule has 0 unspecified atom stereocenters. The average molecular weight is 327 g/mol. The van der Waals surface area contributed by atoms with Crippen LogP contribution in [0, 0.1) is 0 Å². The Balaban J connectivity index is 1.72. The maximum atomic E-state index is 6.09. The SMILES string of the molecule is CC(=Nc1ccccc1)c1cccc2c1OC[N+](c1ccccc1)=C2. The molecule has 122 valence electrons. The minimum Gasteiger partial charge on any atom is -0.434 e. The Bertz CT molecular complexity index is 944. The first kappa shape index (κ1) is 15.3. The number of hydrogen-bond donors (Lipinski definition) is 0. The van der Waals surface area contributed by atoms with Gasteiger partial charge in [0.2, 0.25) is 5.69 Å². The van der Waals surface area contributed by atoms with Crippen LogP contribution in [0.4, 0.5) is 11.4 Å². The van der Waals surface area contributed by atoms with Gasteiger partial charge >= 0.3 is 0 Å². The zero-order valence-electron chi connectivity index (χ0n) is 14.1. The summed E-state index contributed by atoms with van der Waals surface area (Å²) in [5, 5.41) is 0. The van der Waals surface area contributed by atoms with Crippen LogP contribution in [0.1, 0.15) is 18.1 Å². The molecule has 1 aliphatic heterocycles. The van der Waals surface area contributed by atoms with Crippen LogP contribution in [0.15, 0.2) is 83.9 Å². The molecule has 0 saturated carbocycles. The summed E-state index contributed by atoms with van der Waals surface area (Å²) in [5.41, 5.74) is 5.11. The Morgan fingerprint density at radius 3 is 2.36 bits per heavy atom. The maximum absolute atomic E-state index is 6.09. The van der Waals surface area contributed by atoms with Crippen LogP contribution in [0.3, 0.4) is 0 Å². The lowest BCUT2D eigenvalue weighted by molar-refractivity contribution is -0.476. The first-order valence-electron chi connectivity index (χ1n) is 8.34. The van der Waals surface area contributed by atoms with Crippen molar-refractivity contribution in [3.63, 3.8) is 0 Å². The Kier molecular flexibility index (Phi) is 4.13. The predicted octanol–water partition coefficient (Wildman–Crippen LogP) is 4.94. The van der Waals surface area contributed by atoms with Crippen molar-refractivity contribution in [3.8, 4) is 5.75 Å². The number of benzene rings is 3. The molecule has 0 aliphatic carbocycles. The molecule has 1 aliphatic rings. The molecule has 3 aromatic rings. The van der Waals surface area contributed by atoms with Crippen LogP contribution in [0.5, 0.6) is 5.75 Å². The van der Waals surface area contributed by atoms with Crippen LogP contribution in [-0.4, -0.2) is 23.2 Å². The molecule has 0 N–H and O–H groups in total. The van der Waals surface area contributed by atoms with Crippen molar-refractivity contribution in [1.29, 1.82) is 0 Å². The highest BCUT2D eigenvalue weighted by atomic mass is 16.5. The maximum Gasteiger partial charge on any atom is 0.292 e. The highest BCUT2D eigenvalue weighted by Crippen LogP contribution is 2.28. The zero-order chi connectivity index (χ0) is 17.1. The van der Waals surface area contributed by atoms with Crippen molar-refractivity contribution < 1.29 is 9.31 Å². The van der Waals surface area contributed by atoms with Crippen LogP contribution in [0.2, 0.25) is 0 Å². The van der Waals surface area contributed by atoms with Crippen molar-refractivity contribution in [2.24, 2.45) is 4.99 Å². The molecule has 4 rings (SSSR count). The minimum atomic E-state index is 0.493. The van der Waals surface area contributed by atoms with Crippen LogP contribution < -0.4 is 4.74 Å². The van der Waals surface area contributed by atoms with E-state index in [-0.39, 0.29) is 0 Å². The number of ether oxygens (including phenoxy) is 1. The molecule has 3 nitrogen and oxygen atoms in total. The van der Waals surface area contributed by atoms with Gasteiger partial charge in [0.1, 0.15) is 5.75 Å². The normalized spacial score (nSPS) is 13.6. The molecule has 0 aromatic heterocycles. The van der Waals surface area contributed by atoms with E-state index in [2.05, 4.69) is 35.1 Å². The summed E-state index contributed by atoms with van der Waals surface area (Å²) in [4.78, 5) is 4.72. The van der Waals surface area contributed by atoms with Gasteiger partial charge in [0.05, 0.1) is 11.3 Å². The second-order valence-corrected chi connectivity index (χ2v) is 5.96. The highest BCUT2D eigenvalue weighted by molar-refractivity contribution is 6.04. The van der Waals surface area contributed by atoms with E-state index in [0.29, 0.717) is 6.73 Å². The van der Waals surface area contributed by atoms with Crippen molar-refractivity contribution >= 4 is 23.3 Å². The number of nitrogens with zero attached hydrogens (tertiary/aromatic N) is 2.